The predicted octanol–water partition coefficient (Wildman–Crippen LogP) is 5.70. The molecule has 4 aromatic carbocycles. The zero-order chi connectivity index (χ0) is 36.1. The Bertz CT molecular complexity index is 1970. The van der Waals surface area contributed by atoms with Crippen molar-refractivity contribution in [2.24, 2.45) is 5.92 Å². The Kier molecular flexibility index (Phi) is 9.07. The molecule has 1 fully saturated rings. The van der Waals surface area contributed by atoms with Crippen molar-refractivity contribution in [2.75, 3.05) is 18.6 Å². The summed E-state index contributed by atoms with van der Waals surface area (Å²) in [7, 11) is -0.966. The third-order valence-electron chi connectivity index (χ3n) is 11.5. The van der Waals surface area contributed by atoms with E-state index in [0.29, 0.717) is 24.2 Å². The molecule has 3 aliphatic heterocycles. The highest BCUT2D eigenvalue weighted by molar-refractivity contribution is 6.91. The van der Waals surface area contributed by atoms with Crippen LogP contribution >= 0.6 is 0 Å². The molecule has 264 valence electrons. The highest BCUT2D eigenvalue weighted by Crippen LogP contribution is 2.60. The second-order valence-electron chi connectivity index (χ2n) is 14.5. The summed E-state index contributed by atoms with van der Waals surface area (Å²) in [5.41, 5.74) is 2.19. The van der Waals surface area contributed by atoms with E-state index >= 15 is 4.79 Å². The largest absolute Gasteiger partial charge is 0.497 e. The van der Waals surface area contributed by atoms with Gasteiger partial charge >= 0.3 is 0 Å². The first-order valence-electron chi connectivity index (χ1n) is 17.4. The third kappa shape index (κ3) is 5.83. The van der Waals surface area contributed by atoms with Crippen LogP contribution < -0.4 is 14.8 Å². The number of nitro groups is 1. The number of carbonyl (C=O) groups excluding carboxylic acids is 2. The Morgan fingerprint density at radius 2 is 1.71 bits per heavy atom. The number of benzene rings is 4. The van der Waals surface area contributed by atoms with E-state index < -0.39 is 30.6 Å². The number of carbonyl (C=O) groups is 2. The fourth-order valence-electron chi connectivity index (χ4n) is 8.87. The summed E-state index contributed by atoms with van der Waals surface area (Å²) in [6.07, 6.45) is -0.136. The number of amides is 2. The van der Waals surface area contributed by atoms with Crippen LogP contribution in [0.2, 0.25) is 18.6 Å². The Balaban J connectivity index is 1.33. The van der Waals surface area contributed by atoms with Crippen LogP contribution in [0.4, 0.5) is 11.4 Å². The molecule has 3 aliphatic rings. The van der Waals surface area contributed by atoms with Crippen molar-refractivity contribution in [3.63, 3.8) is 0 Å². The molecule has 2 amide bonds. The molecule has 0 aromatic heterocycles. The average molecular weight is 706 g/mol. The zero-order valence-corrected chi connectivity index (χ0v) is 30.3. The van der Waals surface area contributed by atoms with Gasteiger partial charge in [0.15, 0.2) is 5.60 Å². The second-order valence-corrected chi connectivity index (χ2v) is 19.2. The van der Waals surface area contributed by atoms with E-state index in [-0.39, 0.29) is 48.7 Å². The van der Waals surface area contributed by atoms with Crippen LogP contribution in [0, 0.1) is 16.0 Å². The lowest BCUT2D eigenvalue weighted by atomic mass is 9.82. The van der Waals surface area contributed by atoms with E-state index in [1.54, 1.807) is 23.0 Å². The molecular weight excluding hydrogens is 663 g/mol. The summed E-state index contributed by atoms with van der Waals surface area (Å²) < 4.78 is 12.6. The average Bonchev–Trinajstić information content (AvgIpc) is 3.57. The molecule has 1 spiro atoms. The number of aliphatic hydroxyl groups excluding tert-OH is 1. The predicted molar refractivity (Wildman–Crippen MR) is 196 cm³/mol. The molecule has 0 aliphatic carbocycles. The molecule has 0 radical (unpaired) electrons. The Hall–Kier alpha value is -4.84. The van der Waals surface area contributed by atoms with Crippen LogP contribution in [0.5, 0.6) is 5.75 Å². The first-order chi connectivity index (χ1) is 24.5. The Labute approximate surface area is 298 Å². The van der Waals surface area contributed by atoms with E-state index in [0.717, 1.165) is 27.6 Å². The Morgan fingerprint density at radius 3 is 2.37 bits per heavy atom. The van der Waals surface area contributed by atoms with Crippen molar-refractivity contribution in [3.8, 4) is 5.75 Å². The van der Waals surface area contributed by atoms with Gasteiger partial charge in [-0.2, -0.15) is 0 Å². The maximum Gasteiger partial charge on any atom is 0.269 e. The van der Waals surface area contributed by atoms with Crippen molar-refractivity contribution in [1.82, 2.24) is 4.90 Å². The monoisotopic (exact) mass is 705 g/mol. The van der Waals surface area contributed by atoms with Gasteiger partial charge in [0.2, 0.25) is 5.91 Å². The molecule has 7 rings (SSSR count). The summed E-state index contributed by atoms with van der Waals surface area (Å²) in [5.74, 6) is -0.155. The molecular formula is C40H43N3O7Si. The van der Waals surface area contributed by atoms with Gasteiger partial charge in [0.25, 0.3) is 11.6 Å². The standard InChI is InChI=1S/C40H43N3O7Si/c1-26-38(51(3,4)33-17-15-32(49-2)16-18-33)36(22-37(45)41-24-29-13-9-8-12-28(29)20-31(41)25-44)50-40(26)34-21-30(43(47)48)14-19-35(34)42(39(40)46)23-27-10-6-5-7-11-27/h5-19,21,26,31,36,38,44H,20,22-25H2,1-4H3/t26-,31-,36+,38-,40+/m0/s1. The first kappa shape index (κ1) is 34.6. The number of ether oxygens (including phenoxy) is 2. The van der Waals surface area contributed by atoms with Crippen molar-refractivity contribution in [1.29, 1.82) is 0 Å². The molecule has 1 N–H and O–H groups in total. The number of methoxy groups -OCH3 is 1. The number of anilines is 1. The number of nitro benzene ring substituents is 1. The SMILES string of the molecule is COc1ccc([Si](C)(C)[C@@H]2[C@@H](CC(=O)N3Cc4ccccc4C[C@H]3CO)O[C@]3(C(=O)N(Cc4ccccc4)c4ccc([N+](=O)[O-])cc43)[C@H]2C)cc1. The molecule has 0 bridgehead atoms. The van der Waals surface area contributed by atoms with Gasteiger partial charge in [-0.15, -0.1) is 0 Å². The number of rotatable bonds is 9. The Morgan fingerprint density at radius 1 is 1.02 bits per heavy atom. The summed E-state index contributed by atoms with van der Waals surface area (Å²) >= 11 is 0. The number of fused-ring (bicyclic) bond motifs is 3. The van der Waals surface area contributed by atoms with E-state index in [9.17, 15) is 20.0 Å². The van der Waals surface area contributed by atoms with E-state index in [2.05, 4.69) is 25.2 Å². The van der Waals surface area contributed by atoms with E-state index in [1.807, 2.05) is 73.7 Å². The first-order valence-corrected chi connectivity index (χ1v) is 20.5. The van der Waals surface area contributed by atoms with Crippen molar-refractivity contribution < 1.29 is 29.1 Å². The van der Waals surface area contributed by atoms with Crippen molar-refractivity contribution >= 4 is 36.4 Å². The summed E-state index contributed by atoms with van der Waals surface area (Å²) in [4.78, 5) is 44.6. The molecule has 0 saturated carbocycles. The van der Waals surface area contributed by atoms with Gasteiger partial charge in [-0.25, -0.2) is 0 Å². The maximum atomic E-state index is 15.0. The van der Waals surface area contributed by atoms with Gasteiger partial charge in [-0.1, -0.05) is 91.9 Å². The third-order valence-corrected chi connectivity index (χ3v) is 15.8. The van der Waals surface area contributed by atoms with Gasteiger partial charge in [-0.3, -0.25) is 19.7 Å². The minimum absolute atomic E-state index is 0.00175. The number of nitrogens with zero attached hydrogens (tertiary/aromatic N) is 3. The highest BCUT2D eigenvalue weighted by Gasteiger charge is 2.67. The van der Waals surface area contributed by atoms with Gasteiger partial charge in [0, 0.05) is 30.2 Å². The molecule has 51 heavy (non-hydrogen) atoms. The molecule has 10 nitrogen and oxygen atoms in total. The van der Waals surface area contributed by atoms with Gasteiger partial charge < -0.3 is 24.4 Å². The molecule has 5 atom stereocenters. The fraction of sp³-hybridized carbons (Fsp3) is 0.350. The summed E-state index contributed by atoms with van der Waals surface area (Å²) in [6.45, 7) is 6.94. The second kappa shape index (κ2) is 13.4. The maximum absolute atomic E-state index is 15.0. The van der Waals surface area contributed by atoms with Crippen LogP contribution in [-0.4, -0.2) is 60.7 Å². The lowest BCUT2D eigenvalue weighted by Crippen LogP contribution is -2.52. The smallest absolute Gasteiger partial charge is 0.269 e. The molecule has 3 heterocycles. The zero-order valence-electron chi connectivity index (χ0n) is 29.3. The summed E-state index contributed by atoms with van der Waals surface area (Å²) in [5, 5.41) is 23.6. The normalized spacial score (nSPS) is 24.1. The van der Waals surface area contributed by atoms with Crippen molar-refractivity contribution in [3.05, 3.63) is 129 Å². The molecule has 0 unspecified atom stereocenters. The molecule has 1 saturated heterocycles. The lowest BCUT2D eigenvalue weighted by molar-refractivity contribution is -0.385. The van der Waals surface area contributed by atoms with Crippen LogP contribution in [0.15, 0.2) is 97.1 Å². The van der Waals surface area contributed by atoms with Crippen LogP contribution in [0.3, 0.4) is 0 Å². The van der Waals surface area contributed by atoms with Crippen LogP contribution in [-0.2, 0) is 39.4 Å². The van der Waals surface area contributed by atoms with Crippen LogP contribution in [0.25, 0.3) is 0 Å². The van der Waals surface area contributed by atoms with Gasteiger partial charge in [0.05, 0.1) is 57.5 Å². The number of hydrogen-bond acceptors (Lipinski definition) is 7. The lowest BCUT2D eigenvalue weighted by Gasteiger charge is -2.39. The van der Waals surface area contributed by atoms with E-state index in [4.69, 9.17) is 9.47 Å². The number of hydrogen-bond donors (Lipinski definition) is 1. The highest BCUT2D eigenvalue weighted by atomic mass is 28.3. The van der Waals surface area contributed by atoms with E-state index in [1.165, 1.54) is 12.1 Å². The fourth-order valence-corrected chi connectivity index (χ4v) is 12.9. The molecule has 11 heteroatoms. The topological polar surface area (TPSA) is 122 Å². The molecule has 4 aromatic rings. The quantitative estimate of drug-likeness (QED) is 0.135. The van der Waals surface area contributed by atoms with Gasteiger partial charge in [0.1, 0.15) is 5.75 Å². The number of non-ortho nitro benzene ring substituents is 1. The minimum atomic E-state index is -2.59. The van der Waals surface area contributed by atoms with Gasteiger partial charge in [-0.05, 0) is 46.9 Å². The minimum Gasteiger partial charge on any atom is -0.497 e. The van der Waals surface area contributed by atoms with Crippen LogP contribution in [0.1, 0.15) is 35.6 Å². The van der Waals surface area contributed by atoms with Crippen molar-refractivity contribution in [2.45, 2.75) is 69.2 Å². The number of aliphatic hydroxyl groups is 1. The summed E-state index contributed by atoms with van der Waals surface area (Å²) in [6, 6.07) is 29.8.